The molecule has 0 fully saturated rings. The zero-order chi connectivity index (χ0) is 17.9. The summed E-state index contributed by atoms with van der Waals surface area (Å²) in [4.78, 5) is 33.4. The molecule has 0 aliphatic heterocycles. The number of hydrogen-bond donors (Lipinski definition) is 3. The van der Waals surface area contributed by atoms with Crippen LogP contribution in [0.1, 0.15) is 5.56 Å². The first-order valence-electron chi connectivity index (χ1n) is 6.75. The van der Waals surface area contributed by atoms with Crippen molar-refractivity contribution in [3.8, 4) is 5.75 Å². The Labute approximate surface area is 143 Å². The molecule has 0 saturated heterocycles. The van der Waals surface area contributed by atoms with Crippen LogP contribution in [0.2, 0.25) is 5.02 Å². The number of hydrazone groups is 1. The molecule has 0 bridgehead atoms. The van der Waals surface area contributed by atoms with Crippen molar-refractivity contribution in [2.24, 2.45) is 10.8 Å². The van der Waals surface area contributed by atoms with Crippen LogP contribution < -0.4 is 21.2 Å². The molecule has 0 saturated carbocycles. The standard InChI is InChI=1S/C14H17ClN4O5/c1-23-5-4-17-13(21)14(22)19-18-7-9-2-3-11(10(15)6-9)24-8-12(16)20/h2-3,6-7H,4-5,8H2,1H3,(H2,16,20)(H,17,21)(H,19,22)/b18-7-. The number of nitrogens with zero attached hydrogens (tertiary/aromatic N) is 1. The van der Waals surface area contributed by atoms with Gasteiger partial charge in [-0.1, -0.05) is 11.6 Å². The molecule has 0 unspecified atom stereocenters. The fraction of sp³-hybridized carbons (Fsp3) is 0.286. The summed E-state index contributed by atoms with van der Waals surface area (Å²) in [7, 11) is 1.48. The van der Waals surface area contributed by atoms with Gasteiger partial charge in [-0.05, 0) is 23.8 Å². The topological polar surface area (TPSA) is 132 Å². The Morgan fingerprint density at radius 1 is 1.33 bits per heavy atom. The zero-order valence-corrected chi connectivity index (χ0v) is 13.6. The number of primary amides is 1. The number of hydrogen-bond acceptors (Lipinski definition) is 6. The van der Waals surface area contributed by atoms with E-state index in [4.69, 9.17) is 26.8 Å². The van der Waals surface area contributed by atoms with Gasteiger partial charge in [0.25, 0.3) is 5.91 Å². The highest BCUT2D eigenvalue weighted by molar-refractivity contribution is 6.35. The van der Waals surface area contributed by atoms with Crippen molar-refractivity contribution in [2.75, 3.05) is 26.9 Å². The summed E-state index contributed by atoms with van der Waals surface area (Å²) in [6, 6.07) is 4.62. The zero-order valence-electron chi connectivity index (χ0n) is 12.9. The highest BCUT2D eigenvalue weighted by Crippen LogP contribution is 2.24. The van der Waals surface area contributed by atoms with Gasteiger partial charge in [0, 0.05) is 13.7 Å². The van der Waals surface area contributed by atoms with Crippen molar-refractivity contribution in [1.82, 2.24) is 10.7 Å². The van der Waals surface area contributed by atoms with E-state index in [1.165, 1.54) is 25.5 Å². The molecular formula is C14H17ClN4O5. The third-order valence-electron chi connectivity index (χ3n) is 2.50. The van der Waals surface area contributed by atoms with Crippen LogP contribution in [0, 0.1) is 0 Å². The van der Waals surface area contributed by atoms with E-state index >= 15 is 0 Å². The van der Waals surface area contributed by atoms with Crippen LogP contribution in [-0.4, -0.2) is 50.8 Å². The minimum Gasteiger partial charge on any atom is -0.482 e. The summed E-state index contributed by atoms with van der Waals surface area (Å²) >= 11 is 5.97. The Kier molecular flexibility index (Phi) is 8.23. The Balaban J connectivity index is 2.52. The van der Waals surface area contributed by atoms with Crippen LogP contribution in [0.3, 0.4) is 0 Å². The SMILES string of the molecule is COCCNC(=O)C(=O)N/N=C\c1ccc(OCC(N)=O)c(Cl)c1. The predicted octanol–water partition coefficient (Wildman–Crippen LogP) is -0.583. The average molecular weight is 357 g/mol. The highest BCUT2D eigenvalue weighted by atomic mass is 35.5. The first-order valence-corrected chi connectivity index (χ1v) is 7.12. The predicted molar refractivity (Wildman–Crippen MR) is 86.8 cm³/mol. The van der Waals surface area contributed by atoms with Crippen LogP contribution in [-0.2, 0) is 19.1 Å². The molecule has 4 N–H and O–H groups in total. The number of benzene rings is 1. The Morgan fingerprint density at radius 3 is 2.71 bits per heavy atom. The van der Waals surface area contributed by atoms with Crippen LogP contribution in [0.4, 0.5) is 0 Å². The second-order valence-corrected chi connectivity index (χ2v) is 4.80. The normalized spacial score (nSPS) is 10.4. The van der Waals surface area contributed by atoms with Gasteiger partial charge < -0.3 is 20.5 Å². The monoisotopic (exact) mass is 356 g/mol. The number of amides is 3. The minimum absolute atomic E-state index is 0.217. The molecule has 0 aliphatic carbocycles. The second kappa shape index (κ2) is 10.2. The number of halogens is 1. The van der Waals surface area contributed by atoms with E-state index in [0.29, 0.717) is 12.2 Å². The lowest BCUT2D eigenvalue weighted by molar-refractivity contribution is -0.139. The van der Waals surface area contributed by atoms with E-state index in [2.05, 4.69) is 15.8 Å². The molecule has 0 radical (unpaired) electrons. The van der Waals surface area contributed by atoms with Crippen molar-refractivity contribution >= 4 is 35.5 Å². The van der Waals surface area contributed by atoms with Gasteiger partial charge in [0.15, 0.2) is 6.61 Å². The number of carbonyl (C=O) groups excluding carboxylic acids is 3. The van der Waals surface area contributed by atoms with Crippen molar-refractivity contribution < 1.29 is 23.9 Å². The van der Waals surface area contributed by atoms with Gasteiger partial charge in [0.2, 0.25) is 0 Å². The summed E-state index contributed by atoms with van der Waals surface area (Å²) in [5.41, 5.74) is 7.59. The number of nitrogens with two attached hydrogens (primary N) is 1. The van der Waals surface area contributed by atoms with E-state index in [1.807, 2.05) is 0 Å². The third-order valence-corrected chi connectivity index (χ3v) is 2.80. The quantitative estimate of drug-likeness (QED) is 0.248. The summed E-state index contributed by atoms with van der Waals surface area (Å²) in [5, 5.41) is 6.23. The van der Waals surface area contributed by atoms with Crippen molar-refractivity contribution in [1.29, 1.82) is 0 Å². The lowest BCUT2D eigenvalue weighted by Gasteiger charge is -2.06. The highest BCUT2D eigenvalue weighted by Gasteiger charge is 2.11. The third kappa shape index (κ3) is 7.07. The molecular weight excluding hydrogens is 340 g/mol. The molecule has 24 heavy (non-hydrogen) atoms. The maximum Gasteiger partial charge on any atom is 0.329 e. The lowest BCUT2D eigenvalue weighted by Crippen LogP contribution is -2.39. The van der Waals surface area contributed by atoms with Gasteiger partial charge in [-0.2, -0.15) is 5.10 Å². The Bertz CT molecular complexity index is 636. The minimum atomic E-state index is -0.908. The van der Waals surface area contributed by atoms with Gasteiger partial charge in [-0.15, -0.1) is 0 Å². The maximum atomic E-state index is 11.4. The van der Waals surface area contributed by atoms with Gasteiger partial charge >= 0.3 is 11.8 Å². The van der Waals surface area contributed by atoms with Gasteiger partial charge in [0.1, 0.15) is 5.75 Å². The summed E-state index contributed by atoms with van der Waals surface area (Å²) < 4.78 is 9.83. The van der Waals surface area contributed by atoms with Gasteiger partial charge in [0.05, 0.1) is 17.8 Å². The smallest absolute Gasteiger partial charge is 0.329 e. The molecule has 0 aliphatic rings. The van der Waals surface area contributed by atoms with Crippen LogP contribution in [0.5, 0.6) is 5.75 Å². The van der Waals surface area contributed by atoms with Crippen LogP contribution in [0.25, 0.3) is 0 Å². The van der Waals surface area contributed by atoms with E-state index in [1.54, 1.807) is 6.07 Å². The number of methoxy groups -OCH3 is 1. The van der Waals surface area contributed by atoms with Crippen LogP contribution >= 0.6 is 11.6 Å². The van der Waals surface area contributed by atoms with E-state index in [-0.39, 0.29) is 23.9 Å². The fourth-order valence-electron chi connectivity index (χ4n) is 1.43. The summed E-state index contributed by atoms with van der Waals surface area (Å²) in [6.07, 6.45) is 1.30. The molecule has 0 spiro atoms. The van der Waals surface area contributed by atoms with Crippen molar-refractivity contribution in [3.63, 3.8) is 0 Å². The van der Waals surface area contributed by atoms with E-state index in [9.17, 15) is 14.4 Å². The summed E-state index contributed by atoms with van der Waals surface area (Å²) in [5.74, 6) is -2.07. The Morgan fingerprint density at radius 2 is 2.08 bits per heavy atom. The number of rotatable bonds is 8. The molecule has 1 aromatic carbocycles. The van der Waals surface area contributed by atoms with Crippen molar-refractivity contribution in [2.45, 2.75) is 0 Å². The number of nitrogens with one attached hydrogen (secondary N) is 2. The molecule has 10 heteroatoms. The molecule has 0 atom stereocenters. The maximum absolute atomic E-state index is 11.4. The first-order chi connectivity index (χ1) is 11.4. The van der Waals surface area contributed by atoms with Gasteiger partial charge in [-0.25, -0.2) is 5.43 Å². The molecule has 0 aromatic heterocycles. The second-order valence-electron chi connectivity index (χ2n) is 4.39. The van der Waals surface area contributed by atoms with Gasteiger partial charge in [-0.3, -0.25) is 14.4 Å². The molecule has 1 aromatic rings. The van der Waals surface area contributed by atoms with Crippen molar-refractivity contribution in [3.05, 3.63) is 28.8 Å². The molecule has 3 amide bonds. The molecule has 0 heterocycles. The molecule has 9 nitrogen and oxygen atoms in total. The largest absolute Gasteiger partial charge is 0.482 e. The fourth-order valence-corrected chi connectivity index (χ4v) is 1.67. The van der Waals surface area contributed by atoms with Crippen LogP contribution in [0.15, 0.2) is 23.3 Å². The molecule has 1 rings (SSSR count). The average Bonchev–Trinajstić information content (AvgIpc) is 2.53. The summed E-state index contributed by atoms with van der Waals surface area (Å²) in [6.45, 7) is 0.223. The number of ether oxygens (including phenoxy) is 2. The van der Waals surface area contributed by atoms with E-state index < -0.39 is 17.7 Å². The Hall–Kier alpha value is -2.65. The lowest BCUT2D eigenvalue weighted by atomic mass is 10.2. The first kappa shape index (κ1) is 19.4. The number of carbonyl (C=O) groups is 3. The van der Waals surface area contributed by atoms with E-state index in [0.717, 1.165) is 0 Å². The molecule has 130 valence electrons.